The molecular weight excluding hydrogens is 316 g/mol. The van der Waals surface area contributed by atoms with Gasteiger partial charge in [0.1, 0.15) is 0 Å². The van der Waals surface area contributed by atoms with Crippen molar-refractivity contribution in [2.24, 2.45) is 0 Å². The lowest BCUT2D eigenvalue weighted by Crippen LogP contribution is -2.46. The Morgan fingerprint density at radius 3 is 2.39 bits per heavy atom. The van der Waals surface area contributed by atoms with Crippen LogP contribution < -0.4 is 4.90 Å². The summed E-state index contributed by atoms with van der Waals surface area (Å²) >= 11 is 6.20. The summed E-state index contributed by atoms with van der Waals surface area (Å²) in [7, 11) is 0. The molecule has 2 aromatic rings. The molecule has 2 heterocycles. The lowest BCUT2D eigenvalue weighted by molar-refractivity contribution is 0.0696. The SMILES string of the molecule is O=C(O)c1cnc(N2CCN(Cc3ccccc3Cl)CC2)nc1. The van der Waals surface area contributed by atoms with Gasteiger partial charge in [-0.3, -0.25) is 4.90 Å². The molecule has 0 unspecified atom stereocenters. The molecule has 1 N–H and O–H groups in total. The maximum atomic E-state index is 10.8. The van der Waals surface area contributed by atoms with Crippen molar-refractivity contribution in [2.75, 3.05) is 31.1 Å². The van der Waals surface area contributed by atoms with Crippen molar-refractivity contribution in [1.82, 2.24) is 14.9 Å². The molecule has 7 heteroatoms. The molecular formula is C16H17ClN4O2. The third kappa shape index (κ3) is 3.78. The molecule has 1 aromatic carbocycles. The topological polar surface area (TPSA) is 69.6 Å². The van der Waals surface area contributed by atoms with Crippen molar-refractivity contribution in [1.29, 1.82) is 0 Å². The number of benzene rings is 1. The molecule has 3 rings (SSSR count). The van der Waals surface area contributed by atoms with E-state index in [0.717, 1.165) is 43.3 Å². The van der Waals surface area contributed by atoms with Crippen molar-refractivity contribution < 1.29 is 9.90 Å². The fraction of sp³-hybridized carbons (Fsp3) is 0.312. The Bertz CT molecular complexity index is 685. The Morgan fingerprint density at radius 2 is 1.78 bits per heavy atom. The second-order valence-corrected chi connectivity index (χ2v) is 5.84. The highest BCUT2D eigenvalue weighted by Crippen LogP contribution is 2.18. The minimum absolute atomic E-state index is 0.103. The molecule has 120 valence electrons. The smallest absolute Gasteiger partial charge is 0.338 e. The number of hydrogen-bond acceptors (Lipinski definition) is 5. The molecule has 1 fully saturated rings. The summed E-state index contributed by atoms with van der Waals surface area (Å²) in [6.45, 7) is 4.20. The van der Waals surface area contributed by atoms with Crippen molar-refractivity contribution >= 4 is 23.5 Å². The van der Waals surface area contributed by atoms with E-state index in [0.29, 0.717) is 5.95 Å². The standard InChI is InChI=1S/C16H17ClN4O2/c17-14-4-2-1-3-12(14)11-20-5-7-21(8-6-20)16-18-9-13(10-19-16)15(22)23/h1-4,9-10H,5-8,11H2,(H,22,23). The van der Waals surface area contributed by atoms with Crippen LogP contribution in [-0.2, 0) is 6.54 Å². The number of piperazine rings is 1. The summed E-state index contributed by atoms with van der Waals surface area (Å²) in [6.07, 6.45) is 2.70. The fourth-order valence-electron chi connectivity index (χ4n) is 2.57. The van der Waals surface area contributed by atoms with E-state index < -0.39 is 5.97 Å². The monoisotopic (exact) mass is 332 g/mol. The van der Waals surface area contributed by atoms with Crippen LogP contribution in [0.3, 0.4) is 0 Å². The molecule has 0 spiro atoms. The molecule has 1 aromatic heterocycles. The largest absolute Gasteiger partial charge is 0.478 e. The number of aromatic carboxylic acids is 1. The number of aromatic nitrogens is 2. The molecule has 0 saturated carbocycles. The van der Waals surface area contributed by atoms with Gasteiger partial charge in [-0.25, -0.2) is 14.8 Å². The summed E-state index contributed by atoms with van der Waals surface area (Å²) in [5.41, 5.74) is 1.23. The third-order valence-corrected chi connectivity index (χ3v) is 4.26. The number of halogens is 1. The first-order valence-corrected chi connectivity index (χ1v) is 7.77. The predicted molar refractivity (Wildman–Crippen MR) is 87.9 cm³/mol. The van der Waals surface area contributed by atoms with Crippen LogP contribution in [0.2, 0.25) is 5.02 Å². The van der Waals surface area contributed by atoms with Crippen LogP contribution in [-0.4, -0.2) is 52.1 Å². The van der Waals surface area contributed by atoms with E-state index in [4.69, 9.17) is 16.7 Å². The van der Waals surface area contributed by atoms with Crippen LogP contribution in [0.1, 0.15) is 15.9 Å². The van der Waals surface area contributed by atoms with Gasteiger partial charge >= 0.3 is 5.97 Å². The molecule has 6 nitrogen and oxygen atoms in total. The fourth-order valence-corrected chi connectivity index (χ4v) is 2.76. The molecule has 0 atom stereocenters. The van der Waals surface area contributed by atoms with Gasteiger partial charge in [-0.15, -0.1) is 0 Å². The molecule has 0 amide bonds. The van der Waals surface area contributed by atoms with Gasteiger partial charge in [0.15, 0.2) is 0 Å². The molecule has 0 radical (unpaired) electrons. The second kappa shape index (κ2) is 6.93. The van der Waals surface area contributed by atoms with Crippen molar-refractivity contribution in [2.45, 2.75) is 6.54 Å². The van der Waals surface area contributed by atoms with Gasteiger partial charge in [0.25, 0.3) is 0 Å². The van der Waals surface area contributed by atoms with Crippen molar-refractivity contribution in [3.63, 3.8) is 0 Å². The molecule has 1 aliphatic heterocycles. The van der Waals surface area contributed by atoms with Crippen LogP contribution in [0.25, 0.3) is 0 Å². The minimum Gasteiger partial charge on any atom is -0.478 e. The van der Waals surface area contributed by atoms with E-state index in [1.165, 1.54) is 12.4 Å². The van der Waals surface area contributed by atoms with Crippen LogP contribution in [0.4, 0.5) is 5.95 Å². The second-order valence-electron chi connectivity index (χ2n) is 5.43. The highest BCUT2D eigenvalue weighted by molar-refractivity contribution is 6.31. The first kappa shape index (κ1) is 15.7. The van der Waals surface area contributed by atoms with E-state index in [9.17, 15) is 4.79 Å². The highest BCUT2D eigenvalue weighted by Gasteiger charge is 2.19. The number of anilines is 1. The zero-order valence-electron chi connectivity index (χ0n) is 12.5. The van der Waals surface area contributed by atoms with Crippen LogP contribution in [0.15, 0.2) is 36.7 Å². The molecule has 23 heavy (non-hydrogen) atoms. The van der Waals surface area contributed by atoms with Gasteiger partial charge in [0.2, 0.25) is 5.95 Å². The molecule has 1 aliphatic rings. The minimum atomic E-state index is -1.01. The lowest BCUT2D eigenvalue weighted by atomic mass is 10.2. The summed E-state index contributed by atoms with van der Waals surface area (Å²) < 4.78 is 0. The third-order valence-electron chi connectivity index (χ3n) is 3.89. The van der Waals surface area contributed by atoms with Gasteiger partial charge < -0.3 is 10.0 Å². The van der Waals surface area contributed by atoms with E-state index in [-0.39, 0.29) is 5.56 Å². The summed E-state index contributed by atoms with van der Waals surface area (Å²) in [5.74, 6) is -0.437. The summed E-state index contributed by atoms with van der Waals surface area (Å²) in [5, 5.41) is 9.67. The first-order valence-electron chi connectivity index (χ1n) is 7.39. The molecule has 0 aliphatic carbocycles. The average molecular weight is 333 g/mol. The Morgan fingerprint density at radius 1 is 1.13 bits per heavy atom. The van der Waals surface area contributed by atoms with Gasteiger partial charge in [-0.05, 0) is 11.6 Å². The maximum absolute atomic E-state index is 10.8. The van der Waals surface area contributed by atoms with E-state index >= 15 is 0 Å². The number of carboxylic acid groups (broad SMARTS) is 1. The highest BCUT2D eigenvalue weighted by atomic mass is 35.5. The van der Waals surface area contributed by atoms with Gasteiger partial charge in [0.05, 0.1) is 5.56 Å². The summed E-state index contributed by atoms with van der Waals surface area (Å²) in [4.78, 5) is 23.5. The number of rotatable bonds is 4. The number of carboxylic acids is 1. The van der Waals surface area contributed by atoms with Crippen LogP contribution in [0.5, 0.6) is 0 Å². The van der Waals surface area contributed by atoms with Crippen molar-refractivity contribution in [3.8, 4) is 0 Å². The Kier molecular flexibility index (Phi) is 4.73. The normalized spacial score (nSPS) is 15.6. The number of hydrogen-bond donors (Lipinski definition) is 1. The zero-order valence-corrected chi connectivity index (χ0v) is 13.3. The summed E-state index contributed by atoms with van der Waals surface area (Å²) in [6, 6.07) is 7.88. The first-order chi connectivity index (χ1) is 11.1. The molecule has 1 saturated heterocycles. The molecule has 0 bridgehead atoms. The maximum Gasteiger partial charge on any atom is 0.338 e. The van der Waals surface area contributed by atoms with E-state index in [1.54, 1.807) is 0 Å². The van der Waals surface area contributed by atoms with Crippen molar-refractivity contribution in [3.05, 3.63) is 52.8 Å². The van der Waals surface area contributed by atoms with Crippen LogP contribution >= 0.6 is 11.6 Å². The van der Waals surface area contributed by atoms with Crippen LogP contribution in [0, 0.1) is 0 Å². The number of nitrogens with zero attached hydrogens (tertiary/aromatic N) is 4. The van der Waals surface area contributed by atoms with Gasteiger partial charge in [0, 0.05) is 50.1 Å². The Labute approximate surface area is 139 Å². The number of carbonyl (C=O) groups is 1. The lowest BCUT2D eigenvalue weighted by Gasteiger charge is -2.34. The van der Waals surface area contributed by atoms with E-state index in [1.807, 2.05) is 24.3 Å². The van der Waals surface area contributed by atoms with E-state index in [2.05, 4.69) is 19.8 Å². The Balaban J connectivity index is 1.58. The quantitative estimate of drug-likeness (QED) is 0.925. The predicted octanol–water partition coefficient (Wildman–Crippen LogP) is 2.15. The zero-order chi connectivity index (χ0) is 16.2. The Hall–Kier alpha value is -2.18. The van der Waals surface area contributed by atoms with Gasteiger partial charge in [-0.1, -0.05) is 29.8 Å². The average Bonchev–Trinajstić information content (AvgIpc) is 2.58. The van der Waals surface area contributed by atoms with Gasteiger partial charge in [-0.2, -0.15) is 0 Å².